The topological polar surface area (TPSA) is 72.6 Å². The monoisotopic (exact) mass is 243 g/mol. The number of aromatic hydroxyl groups is 1. The van der Waals surface area contributed by atoms with E-state index in [9.17, 15) is 9.90 Å². The first-order valence-electron chi connectivity index (χ1n) is 5.47. The number of anilines is 1. The second-order valence-corrected chi connectivity index (χ2v) is 3.81. The first kappa shape index (κ1) is 12.0. The van der Waals surface area contributed by atoms with Crippen molar-refractivity contribution in [2.45, 2.75) is 6.61 Å². The Bertz CT molecular complexity index is 552. The van der Waals surface area contributed by atoms with Gasteiger partial charge in [0, 0.05) is 0 Å². The zero-order chi connectivity index (χ0) is 13.0. The van der Waals surface area contributed by atoms with Gasteiger partial charge in [0.15, 0.2) is 5.75 Å². The molecule has 0 aliphatic rings. The number of ether oxygens (including phenoxy) is 1. The normalized spacial score (nSPS) is 10.0. The van der Waals surface area contributed by atoms with E-state index in [-0.39, 0.29) is 23.6 Å². The number of carbonyl (C=O) groups is 1. The molecule has 0 heterocycles. The van der Waals surface area contributed by atoms with E-state index >= 15 is 0 Å². The van der Waals surface area contributed by atoms with E-state index in [0.717, 1.165) is 5.56 Å². The van der Waals surface area contributed by atoms with Gasteiger partial charge in [0.05, 0.1) is 5.69 Å². The number of nitrogen functional groups attached to an aromatic ring is 1. The van der Waals surface area contributed by atoms with Crippen molar-refractivity contribution in [1.29, 1.82) is 0 Å². The molecular formula is C14H13NO3. The Morgan fingerprint density at radius 1 is 1.11 bits per heavy atom. The van der Waals surface area contributed by atoms with Crippen molar-refractivity contribution in [3.05, 3.63) is 59.7 Å². The average Bonchev–Trinajstić information content (AvgIpc) is 2.40. The standard InChI is InChI=1S/C14H13NO3/c15-12-8-4-7-11(13(12)16)14(17)18-9-10-5-2-1-3-6-10/h1-8,16H,9,15H2. The van der Waals surface area contributed by atoms with Crippen LogP contribution in [0.1, 0.15) is 15.9 Å². The van der Waals surface area contributed by atoms with Crippen LogP contribution in [0, 0.1) is 0 Å². The van der Waals surface area contributed by atoms with Crippen molar-refractivity contribution in [3.63, 3.8) is 0 Å². The lowest BCUT2D eigenvalue weighted by atomic mass is 10.2. The highest BCUT2D eigenvalue weighted by molar-refractivity contribution is 5.94. The summed E-state index contributed by atoms with van der Waals surface area (Å²) in [5.74, 6) is -0.834. The molecule has 2 aromatic carbocycles. The number of esters is 1. The van der Waals surface area contributed by atoms with Crippen molar-refractivity contribution in [2.24, 2.45) is 0 Å². The van der Waals surface area contributed by atoms with Crippen molar-refractivity contribution in [1.82, 2.24) is 0 Å². The molecule has 0 atom stereocenters. The highest BCUT2D eigenvalue weighted by Crippen LogP contribution is 2.25. The SMILES string of the molecule is Nc1cccc(C(=O)OCc2ccccc2)c1O. The lowest BCUT2D eigenvalue weighted by Crippen LogP contribution is -2.06. The highest BCUT2D eigenvalue weighted by atomic mass is 16.5. The summed E-state index contributed by atoms with van der Waals surface area (Å²) in [6, 6.07) is 13.9. The summed E-state index contributed by atoms with van der Waals surface area (Å²) < 4.78 is 5.10. The zero-order valence-corrected chi connectivity index (χ0v) is 9.67. The van der Waals surface area contributed by atoms with Crippen LogP contribution < -0.4 is 5.73 Å². The second-order valence-electron chi connectivity index (χ2n) is 3.81. The summed E-state index contributed by atoms with van der Waals surface area (Å²) in [7, 11) is 0. The van der Waals surface area contributed by atoms with Crippen molar-refractivity contribution in [2.75, 3.05) is 5.73 Å². The predicted molar refractivity (Wildman–Crippen MR) is 68.1 cm³/mol. The minimum absolute atomic E-state index is 0.0749. The summed E-state index contributed by atoms with van der Waals surface area (Å²) in [4.78, 5) is 11.8. The van der Waals surface area contributed by atoms with Crippen LogP contribution in [-0.2, 0) is 11.3 Å². The second kappa shape index (κ2) is 5.23. The molecule has 0 unspecified atom stereocenters. The maximum absolute atomic E-state index is 11.8. The lowest BCUT2D eigenvalue weighted by molar-refractivity contribution is 0.0469. The number of rotatable bonds is 3. The molecule has 0 fully saturated rings. The quantitative estimate of drug-likeness (QED) is 0.493. The fourth-order valence-electron chi connectivity index (χ4n) is 1.53. The molecular weight excluding hydrogens is 230 g/mol. The van der Waals surface area contributed by atoms with Crippen LogP contribution in [0.25, 0.3) is 0 Å². The Labute approximate surface area is 105 Å². The van der Waals surface area contributed by atoms with Gasteiger partial charge in [-0.1, -0.05) is 36.4 Å². The van der Waals surface area contributed by atoms with Gasteiger partial charge in [-0.25, -0.2) is 4.79 Å². The van der Waals surface area contributed by atoms with Gasteiger partial charge in [0.1, 0.15) is 12.2 Å². The number of benzene rings is 2. The molecule has 92 valence electrons. The minimum atomic E-state index is -0.594. The molecule has 2 rings (SSSR count). The van der Waals surface area contributed by atoms with E-state index in [2.05, 4.69) is 0 Å². The van der Waals surface area contributed by atoms with E-state index in [4.69, 9.17) is 10.5 Å². The number of phenols is 1. The summed E-state index contributed by atoms with van der Waals surface area (Å²) in [5.41, 5.74) is 6.62. The third kappa shape index (κ3) is 2.60. The van der Waals surface area contributed by atoms with E-state index < -0.39 is 5.97 Å². The third-order valence-electron chi connectivity index (χ3n) is 2.50. The van der Waals surface area contributed by atoms with Crippen LogP contribution in [0.3, 0.4) is 0 Å². The summed E-state index contributed by atoms with van der Waals surface area (Å²) in [6.45, 7) is 0.161. The molecule has 0 spiro atoms. The Balaban J connectivity index is 2.07. The largest absolute Gasteiger partial charge is 0.505 e. The van der Waals surface area contributed by atoms with Crippen LogP contribution in [0.15, 0.2) is 48.5 Å². The predicted octanol–water partition coefficient (Wildman–Crippen LogP) is 2.33. The number of hydrogen-bond donors (Lipinski definition) is 2. The molecule has 0 aromatic heterocycles. The molecule has 3 N–H and O–H groups in total. The Morgan fingerprint density at radius 3 is 2.56 bits per heavy atom. The van der Waals surface area contributed by atoms with Gasteiger partial charge in [-0.05, 0) is 17.7 Å². The van der Waals surface area contributed by atoms with Gasteiger partial charge in [0.25, 0.3) is 0 Å². The number of carbonyl (C=O) groups excluding carboxylic acids is 1. The van der Waals surface area contributed by atoms with Crippen molar-refractivity contribution < 1.29 is 14.6 Å². The van der Waals surface area contributed by atoms with Crippen LogP contribution in [0.2, 0.25) is 0 Å². The van der Waals surface area contributed by atoms with Gasteiger partial charge >= 0.3 is 5.97 Å². The van der Waals surface area contributed by atoms with Gasteiger partial charge in [-0.3, -0.25) is 0 Å². The smallest absolute Gasteiger partial charge is 0.342 e. The number of nitrogens with two attached hydrogens (primary N) is 1. The van der Waals surface area contributed by atoms with Crippen LogP contribution in [0.5, 0.6) is 5.75 Å². The Morgan fingerprint density at radius 2 is 1.83 bits per heavy atom. The maximum atomic E-state index is 11.8. The molecule has 0 aliphatic carbocycles. The fraction of sp³-hybridized carbons (Fsp3) is 0.0714. The molecule has 0 amide bonds. The van der Waals surface area contributed by atoms with Crippen molar-refractivity contribution in [3.8, 4) is 5.75 Å². The highest BCUT2D eigenvalue weighted by Gasteiger charge is 2.14. The molecule has 0 radical (unpaired) electrons. The van der Waals surface area contributed by atoms with Crippen LogP contribution in [-0.4, -0.2) is 11.1 Å². The van der Waals surface area contributed by atoms with E-state index in [1.165, 1.54) is 12.1 Å². The van der Waals surface area contributed by atoms with E-state index in [0.29, 0.717) is 0 Å². The van der Waals surface area contributed by atoms with Crippen LogP contribution in [0.4, 0.5) is 5.69 Å². The molecule has 4 nitrogen and oxygen atoms in total. The molecule has 0 saturated heterocycles. The first-order chi connectivity index (χ1) is 8.68. The molecule has 4 heteroatoms. The molecule has 0 aliphatic heterocycles. The summed E-state index contributed by atoms with van der Waals surface area (Å²) in [6.07, 6.45) is 0. The van der Waals surface area contributed by atoms with Gasteiger partial charge in [-0.2, -0.15) is 0 Å². The maximum Gasteiger partial charge on any atom is 0.342 e. The minimum Gasteiger partial charge on any atom is -0.505 e. The first-order valence-corrected chi connectivity index (χ1v) is 5.47. The number of para-hydroxylation sites is 1. The zero-order valence-electron chi connectivity index (χ0n) is 9.67. The van der Waals surface area contributed by atoms with Crippen LogP contribution >= 0.6 is 0 Å². The van der Waals surface area contributed by atoms with E-state index in [1.807, 2.05) is 30.3 Å². The molecule has 2 aromatic rings. The summed E-state index contributed by atoms with van der Waals surface area (Å²) in [5, 5.41) is 9.64. The average molecular weight is 243 g/mol. The van der Waals surface area contributed by atoms with E-state index in [1.54, 1.807) is 6.07 Å². The fourth-order valence-corrected chi connectivity index (χ4v) is 1.53. The Hall–Kier alpha value is -2.49. The lowest BCUT2D eigenvalue weighted by Gasteiger charge is -2.07. The molecule has 0 bridgehead atoms. The number of hydrogen-bond acceptors (Lipinski definition) is 4. The van der Waals surface area contributed by atoms with Gasteiger partial charge < -0.3 is 15.6 Å². The third-order valence-corrected chi connectivity index (χ3v) is 2.50. The summed E-state index contributed by atoms with van der Waals surface area (Å²) >= 11 is 0. The number of phenolic OH excluding ortho intramolecular Hbond substituents is 1. The molecule has 0 saturated carbocycles. The van der Waals surface area contributed by atoms with Gasteiger partial charge in [-0.15, -0.1) is 0 Å². The molecule has 18 heavy (non-hydrogen) atoms. The van der Waals surface area contributed by atoms with Gasteiger partial charge in [0.2, 0.25) is 0 Å². The van der Waals surface area contributed by atoms with Crippen molar-refractivity contribution >= 4 is 11.7 Å². The Kier molecular flexibility index (Phi) is 3.48.